The molecule has 0 saturated carbocycles. The van der Waals surface area contributed by atoms with E-state index in [2.05, 4.69) is 104 Å². The molecule has 0 bridgehead atoms. The quantitative estimate of drug-likeness (QED) is 0.174. The topological polar surface area (TPSA) is 9.23 Å². The Balaban J connectivity index is 4.47. The summed E-state index contributed by atoms with van der Waals surface area (Å²) >= 11 is 0. The molecule has 0 radical (unpaired) electrons. The monoisotopic (exact) mass is 420 g/mol. The molecule has 0 aliphatic carbocycles. The second-order valence-corrected chi connectivity index (χ2v) is 20.4. The fourth-order valence-electron chi connectivity index (χ4n) is 2.59. The molecular formula is C25H48OSi2. The van der Waals surface area contributed by atoms with Crippen molar-refractivity contribution in [2.24, 2.45) is 0 Å². The smallest absolute Gasteiger partial charge is 0.191 e. The minimum Gasteiger partial charge on any atom is -0.417 e. The second-order valence-electron chi connectivity index (χ2n) is 10.5. The van der Waals surface area contributed by atoms with Gasteiger partial charge in [0.25, 0.3) is 0 Å². The van der Waals surface area contributed by atoms with E-state index in [1.807, 2.05) is 0 Å². The molecule has 0 saturated heterocycles. The van der Waals surface area contributed by atoms with Crippen LogP contribution in [0.25, 0.3) is 0 Å². The zero-order valence-electron chi connectivity index (χ0n) is 20.6. The number of allylic oxidation sites excluding steroid dienone is 8. The van der Waals surface area contributed by atoms with Crippen molar-refractivity contribution in [3.63, 3.8) is 0 Å². The molecule has 0 heterocycles. The van der Waals surface area contributed by atoms with Gasteiger partial charge >= 0.3 is 0 Å². The summed E-state index contributed by atoms with van der Waals surface area (Å²) in [6.07, 6.45) is 19.4. The number of rotatable bonds is 12. The molecule has 0 amide bonds. The fourth-order valence-corrected chi connectivity index (χ4v) is 5.22. The minimum atomic E-state index is -1.58. The van der Waals surface area contributed by atoms with Crippen molar-refractivity contribution in [2.45, 2.75) is 104 Å². The lowest BCUT2D eigenvalue weighted by Gasteiger charge is -2.36. The maximum Gasteiger partial charge on any atom is 0.191 e. The van der Waals surface area contributed by atoms with Crippen LogP contribution in [0.3, 0.4) is 0 Å². The van der Waals surface area contributed by atoms with Crippen LogP contribution in [0.15, 0.2) is 47.2 Å². The maximum atomic E-state index is 6.25. The number of unbranched alkanes of at least 4 members (excludes halogenated alkanes) is 1. The first-order valence-electron chi connectivity index (χ1n) is 11.1. The summed E-state index contributed by atoms with van der Waals surface area (Å²) in [5.41, 5.74) is 1.50. The van der Waals surface area contributed by atoms with E-state index in [9.17, 15) is 0 Å². The summed E-state index contributed by atoms with van der Waals surface area (Å²) in [4.78, 5) is 0. The highest BCUT2D eigenvalue weighted by Gasteiger charge is 2.36. The van der Waals surface area contributed by atoms with Crippen LogP contribution in [0, 0.1) is 0 Å². The van der Waals surface area contributed by atoms with Crippen molar-refractivity contribution >= 4 is 16.4 Å². The van der Waals surface area contributed by atoms with Crippen molar-refractivity contribution < 1.29 is 4.43 Å². The molecule has 3 heteroatoms. The van der Waals surface area contributed by atoms with Gasteiger partial charge in [-0.15, -0.1) is 0 Å². The molecule has 0 rings (SSSR count). The summed E-state index contributed by atoms with van der Waals surface area (Å²) in [6, 6.07) is 0. The van der Waals surface area contributed by atoms with Gasteiger partial charge in [0.2, 0.25) is 0 Å². The molecule has 0 aromatic heterocycles. The van der Waals surface area contributed by atoms with Crippen LogP contribution in [-0.4, -0.2) is 23.0 Å². The number of hydrogen-bond donors (Lipinski definition) is 0. The summed E-state index contributed by atoms with van der Waals surface area (Å²) in [7, 11) is -2.85. The Hall–Kier alpha value is -0.646. The SMILES string of the molecule is C/C=C\C/C=C(/C)C/C(=C/C/C=C/CCCO[Si](C)(C)C(C)(C)C)[Si](C)(C)C. The molecule has 0 fully saturated rings. The fraction of sp³-hybridized carbons (Fsp3) is 0.680. The zero-order valence-corrected chi connectivity index (χ0v) is 22.6. The zero-order chi connectivity index (χ0) is 21.8. The van der Waals surface area contributed by atoms with E-state index in [4.69, 9.17) is 4.43 Å². The van der Waals surface area contributed by atoms with Gasteiger partial charge in [-0.05, 0) is 64.1 Å². The van der Waals surface area contributed by atoms with Gasteiger partial charge in [-0.1, -0.05) is 87.6 Å². The third-order valence-corrected chi connectivity index (χ3v) is 12.6. The van der Waals surface area contributed by atoms with E-state index in [0.717, 1.165) is 38.7 Å². The first kappa shape index (κ1) is 27.4. The molecule has 0 aromatic rings. The molecule has 1 nitrogen and oxygen atoms in total. The van der Waals surface area contributed by atoms with E-state index >= 15 is 0 Å². The molecular weight excluding hydrogens is 372 g/mol. The normalized spacial score (nSPS) is 15.2. The predicted molar refractivity (Wildman–Crippen MR) is 135 cm³/mol. The molecule has 0 unspecified atom stereocenters. The van der Waals surface area contributed by atoms with E-state index in [-0.39, 0.29) is 0 Å². The Labute approximate surface area is 179 Å². The van der Waals surface area contributed by atoms with Gasteiger partial charge in [0.1, 0.15) is 0 Å². The van der Waals surface area contributed by atoms with E-state index in [1.165, 1.54) is 5.57 Å². The van der Waals surface area contributed by atoms with Gasteiger partial charge < -0.3 is 4.43 Å². The summed E-state index contributed by atoms with van der Waals surface area (Å²) in [6.45, 7) is 24.2. The van der Waals surface area contributed by atoms with Crippen LogP contribution in [0.2, 0.25) is 37.8 Å². The standard InChI is InChI=1S/C25H48OSi2/c1-11-12-16-19-23(2)22-24(27(6,7)8)20-17-14-13-15-18-21-26-28(9,10)25(3,4)5/h11-14,19-20H,15-18,21-22H2,1-10H3/b12-11-,14-13+,23-19-,24-20-. The average molecular weight is 421 g/mol. The molecule has 0 atom stereocenters. The van der Waals surface area contributed by atoms with Gasteiger partial charge in [0.15, 0.2) is 8.32 Å². The predicted octanol–water partition coefficient (Wildman–Crippen LogP) is 8.84. The average Bonchev–Trinajstić information content (AvgIpc) is 2.54. The van der Waals surface area contributed by atoms with Crippen LogP contribution in [0.4, 0.5) is 0 Å². The summed E-state index contributed by atoms with van der Waals surface area (Å²) < 4.78 is 6.25. The highest BCUT2D eigenvalue weighted by Crippen LogP contribution is 2.36. The summed E-state index contributed by atoms with van der Waals surface area (Å²) in [5, 5.41) is 1.98. The van der Waals surface area contributed by atoms with E-state index in [0.29, 0.717) is 5.04 Å². The molecule has 28 heavy (non-hydrogen) atoms. The van der Waals surface area contributed by atoms with Crippen LogP contribution >= 0.6 is 0 Å². The molecule has 0 aromatic carbocycles. The second kappa shape index (κ2) is 12.8. The van der Waals surface area contributed by atoms with E-state index < -0.39 is 16.4 Å². The van der Waals surface area contributed by atoms with Gasteiger partial charge in [-0.3, -0.25) is 0 Å². The van der Waals surface area contributed by atoms with Gasteiger partial charge in [0, 0.05) is 6.61 Å². The van der Waals surface area contributed by atoms with Crippen molar-refractivity contribution in [3.8, 4) is 0 Å². The minimum absolute atomic E-state index is 0.306. The molecule has 0 N–H and O–H groups in total. The van der Waals surface area contributed by atoms with Gasteiger partial charge in [0.05, 0.1) is 8.07 Å². The first-order chi connectivity index (χ1) is 12.8. The van der Waals surface area contributed by atoms with E-state index in [1.54, 1.807) is 5.20 Å². The third-order valence-electron chi connectivity index (χ3n) is 5.72. The van der Waals surface area contributed by atoms with Crippen molar-refractivity contribution in [3.05, 3.63) is 47.2 Å². The first-order valence-corrected chi connectivity index (χ1v) is 17.5. The van der Waals surface area contributed by atoms with Crippen molar-refractivity contribution in [2.75, 3.05) is 6.61 Å². The van der Waals surface area contributed by atoms with Gasteiger partial charge in [-0.25, -0.2) is 0 Å². The molecule has 162 valence electrons. The Bertz CT molecular complexity index is 552. The Morgan fingerprint density at radius 2 is 1.50 bits per heavy atom. The van der Waals surface area contributed by atoms with Crippen LogP contribution in [0.5, 0.6) is 0 Å². The van der Waals surface area contributed by atoms with Crippen LogP contribution < -0.4 is 0 Å². The van der Waals surface area contributed by atoms with Crippen molar-refractivity contribution in [1.82, 2.24) is 0 Å². The van der Waals surface area contributed by atoms with Gasteiger partial charge in [-0.2, -0.15) is 0 Å². The lowest BCUT2D eigenvalue weighted by molar-refractivity contribution is 0.283. The summed E-state index contributed by atoms with van der Waals surface area (Å²) in [5.74, 6) is 0. The Morgan fingerprint density at radius 3 is 2.04 bits per heavy atom. The molecule has 0 spiro atoms. The van der Waals surface area contributed by atoms with Crippen LogP contribution in [0.1, 0.15) is 66.7 Å². The Kier molecular flexibility index (Phi) is 12.5. The lowest BCUT2D eigenvalue weighted by atomic mass is 10.1. The lowest BCUT2D eigenvalue weighted by Crippen LogP contribution is -2.40. The largest absolute Gasteiger partial charge is 0.417 e. The number of hydrogen-bond acceptors (Lipinski definition) is 1. The molecule has 0 aliphatic rings. The third kappa shape index (κ3) is 12.0. The maximum absolute atomic E-state index is 6.25. The molecule has 0 aliphatic heterocycles. The van der Waals surface area contributed by atoms with Crippen LogP contribution in [-0.2, 0) is 4.43 Å². The highest BCUT2D eigenvalue weighted by atomic mass is 28.4. The van der Waals surface area contributed by atoms with Crippen molar-refractivity contribution in [1.29, 1.82) is 0 Å². The Morgan fingerprint density at radius 1 is 0.893 bits per heavy atom. The highest BCUT2D eigenvalue weighted by molar-refractivity contribution is 6.83.